The van der Waals surface area contributed by atoms with Gasteiger partial charge in [0, 0.05) is 0 Å². The Morgan fingerprint density at radius 2 is 0.455 bits per heavy atom. The normalized spacial score (nSPS) is 3.27. The fraction of sp³-hybridized carbons (Fsp3) is 0. The first-order valence-corrected chi connectivity index (χ1v) is 1.70. The molecule has 0 aromatic rings. The van der Waals surface area contributed by atoms with E-state index in [1.807, 2.05) is 0 Å². The van der Waals surface area contributed by atoms with Crippen molar-refractivity contribution in [3.8, 4) is 0 Å². The molecule has 0 heterocycles. The quantitative estimate of drug-likeness (QED) is 0.203. The lowest BCUT2D eigenvalue weighted by molar-refractivity contribution is -0.742. The summed E-state index contributed by atoms with van der Waals surface area (Å²) in [6.07, 6.45) is 0. The highest BCUT2D eigenvalue weighted by molar-refractivity contribution is 5.75. The van der Waals surface area contributed by atoms with E-state index < -0.39 is 15.3 Å². The van der Waals surface area contributed by atoms with Crippen LogP contribution >= 0.6 is 0 Å². The van der Waals surface area contributed by atoms with E-state index in [9.17, 15) is 0 Å². The van der Waals surface area contributed by atoms with Crippen molar-refractivity contribution in [1.29, 1.82) is 0 Å². The third kappa shape index (κ3) is 1010. The third-order valence-corrected chi connectivity index (χ3v) is 0. The Morgan fingerprint density at radius 3 is 0.455 bits per heavy atom. The molecule has 22 heteroatoms. The summed E-state index contributed by atoms with van der Waals surface area (Å²) >= 11 is 0. The number of hydrogen-bond donors (Lipinski definition) is 3. The van der Waals surface area contributed by atoms with Crippen molar-refractivity contribution in [3.63, 3.8) is 0 Å². The molecule has 0 rings (SSSR count). The summed E-state index contributed by atoms with van der Waals surface area (Å²) in [6, 6.07) is 0. The molecule has 0 unspecified atom stereocenters. The highest BCUT2D eigenvalue weighted by atomic mass is 27.0. The van der Waals surface area contributed by atoms with Gasteiger partial charge in [-0.15, -0.1) is 30.3 Å². The molecule has 150 valence electrons. The first-order chi connectivity index (χ1) is 5.20. The van der Waals surface area contributed by atoms with Gasteiger partial charge in [-0.3, -0.25) is 0 Å². The average Bonchev–Trinajstić information content (AvgIpc) is 1.54. The molecule has 0 spiro atoms. The SMILES string of the molecule is O.O.O.O.O.O.O.O.O.O=[N+]([O-])O.O=[N+]([O-])O.O=[N+]([O-])O.[AlH3]. The average molecular weight is 381 g/mol. The summed E-state index contributed by atoms with van der Waals surface area (Å²) < 4.78 is 0. The van der Waals surface area contributed by atoms with Gasteiger partial charge in [0.1, 0.15) is 0 Å². The molecular weight excluding hydrogens is 357 g/mol. The van der Waals surface area contributed by atoms with Crippen LogP contribution in [-0.2, 0) is 0 Å². The van der Waals surface area contributed by atoms with Crippen molar-refractivity contribution < 1.29 is 80.2 Å². The second-order valence-electron chi connectivity index (χ2n) is 0.714. The minimum Gasteiger partial charge on any atom is -0.412 e. The molecule has 0 saturated carbocycles. The maximum absolute atomic E-state index is 8.36. The standard InChI is InChI=1S/Al.3HNO3.9H2O.3H/c;3*2-1(3)4;;;;;;;;;;;;/h;3*(H,2,3,4);9*1H2;;;. The zero-order chi connectivity index (χ0) is 10.7. The summed E-state index contributed by atoms with van der Waals surface area (Å²) in [5.74, 6) is 0. The van der Waals surface area contributed by atoms with E-state index in [1.165, 1.54) is 0 Å². The van der Waals surface area contributed by atoms with Crippen molar-refractivity contribution in [2.24, 2.45) is 0 Å². The van der Waals surface area contributed by atoms with E-state index in [0.29, 0.717) is 0 Å². The van der Waals surface area contributed by atoms with E-state index in [1.54, 1.807) is 0 Å². The number of rotatable bonds is 0. The van der Waals surface area contributed by atoms with E-state index in [2.05, 4.69) is 0 Å². The molecule has 0 aromatic carbocycles. The summed E-state index contributed by atoms with van der Waals surface area (Å²) in [6.45, 7) is 0. The highest BCUT2D eigenvalue weighted by Gasteiger charge is 1.66. The van der Waals surface area contributed by atoms with E-state index in [0.717, 1.165) is 0 Å². The van der Waals surface area contributed by atoms with Crippen LogP contribution in [0.15, 0.2) is 0 Å². The van der Waals surface area contributed by atoms with Gasteiger partial charge < -0.3 is 64.9 Å². The van der Waals surface area contributed by atoms with Crippen LogP contribution in [0.3, 0.4) is 0 Å². The zero-order valence-corrected chi connectivity index (χ0v) is 9.63. The molecular formula is H24AlN3O18. The van der Waals surface area contributed by atoms with Crippen LogP contribution in [0, 0.1) is 30.3 Å². The van der Waals surface area contributed by atoms with Crippen LogP contribution in [0.2, 0.25) is 0 Å². The molecule has 22 heavy (non-hydrogen) atoms. The largest absolute Gasteiger partial charge is 0.412 e. The lowest BCUT2D eigenvalue weighted by Crippen LogP contribution is -1.81. The molecule has 0 radical (unpaired) electrons. The molecule has 0 bridgehead atoms. The number of hydrogen-bond acceptors (Lipinski definition) is 6. The number of nitrogens with zero attached hydrogens (tertiary/aromatic N) is 3. The van der Waals surface area contributed by atoms with E-state index in [-0.39, 0.29) is 66.6 Å². The first kappa shape index (κ1) is 152. The second kappa shape index (κ2) is 129. The Balaban J connectivity index is -0.00000000409. The van der Waals surface area contributed by atoms with Crippen molar-refractivity contribution in [2.45, 2.75) is 0 Å². The smallest absolute Gasteiger partial charge is 0.291 e. The van der Waals surface area contributed by atoms with Gasteiger partial charge in [0.15, 0.2) is 17.4 Å². The Kier molecular flexibility index (Phi) is 893. The van der Waals surface area contributed by atoms with Gasteiger partial charge in [0.05, 0.1) is 0 Å². The van der Waals surface area contributed by atoms with Crippen LogP contribution in [0.25, 0.3) is 0 Å². The Hall–Kier alpha value is -2.23. The molecule has 0 saturated heterocycles. The lowest BCUT2D eigenvalue weighted by Gasteiger charge is -1.56. The van der Waals surface area contributed by atoms with Crippen molar-refractivity contribution >= 4 is 17.4 Å². The molecule has 21 nitrogen and oxygen atoms in total. The molecule has 0 aliphatic rings. The summed E-state index contributed by atoms with van der Waals surface area (Å²) in [5, 5.41) is 40.9. The molecule has 0 aliphatic heterocycles. The minimum atomic E-state index is -1.50. The summed E-state index contributed by atoms with van der Waals surface area (Å²) in [5.41, 5.74) is 0. The molecule has 0 fully saturated rings. The fourth-order valence-corrected chi connectivity index (χ4v) is 0. The maximum Gasteiger partial charge on any atom is 0.291 e. The van der Waals surface area contributed by atoms with Gasteiger partial charge in [-0.2, -0.15) is 0 Å². The molecule has 0 aliphatic carbocycles. The Labute approximate surface area is 129 Å². The second-order valence-corrected chi connectivity index (χ2v) is 0.714. The van der Waals surface area contributed by atoms with Crippen molar-refractivity contribution in [1.82, 2.24) is 0 Å². The van der Waals surface area contributed by atoms with Crippen LogP contribution in [0.1, 0.15) is 0 Å². The monoisotopic (exact) mass is 381 g/mol. The van der Waals surface area contributed by atoms with Gasteiger partial charge in [0.25, 0.3) is 15.3 Å². The molecule has 0 atom stereocenters. The van der Waals surface area contributed by atoms with E-state index in [4.69, 9.17) is 46.0 Å². The Bertz CT molecular complexity index is 116. The van der Waals surface area contributed by atoms with Gasteiger partial charge in [0.2, 0.25) is 0 Å². The summed E-state index contributed by atoms with van der Waals surface area (Å²) in [4.78, 5) is 25.1. The van der Waals surface area contributed by atoms with Crippen LogP contribution < -0.4 is 0 Å². The van der Waals surface area contributed by atoms with Gasteiger partial charge in [-0.1, -0.05) is 0 Å². The molecule has 21 N–H and O–H groups in total. The van der Waals surface area contributed by atoms with Gasteiger partial charge in [-0.05, 0) is 0 Å². The first-order valence-electron chi connectivity index (χ1n) is 1.70. The lowest BCUT2D eigenvalue weighted by atomic mass is 13.1. The highest BCUT2D eigenvalue weighted by Crippen LogP contribution is 1.39. The predicted molar refractivity (Wildman–Crippen MR) is 68.8 cm³/mol. The summed E-state index contributed by atoms with van der Waals surface area (Å²) in [7, 11) is 0. The Morgan fingerprint density at radius 1 is 0.455 bits per heavy atom. The van der Waals surface area contributed by atoms with Crippen molar-refractivity contribution in [2.75, 3.05) is 0 Å². The maximum atomic E-state index is 8.36. The van der Waals surface area contributed by atoms with Crippen LogP contribution in [0.4, 0.5) is 0 Å². The zero-order valence-electron chi connectivity index (χ0n) is 9.63. The van der Waals surface area contributed by atoms with Crippen LogP contribution in [0.5, 0.6) is 0 Å². The van der Waals surface area contributed by atoms with E-state index >= 15 is 0 Å². The fourth-order valence-electron chi connectivity index (χ4n) is 0. The third-order valence-electron chi connectivity index (χ3n) is 0. The van der Waals surface area contributed by atoms with Crippen LogP contribution in [-0.4, -0.2) is 97.5 Å². The van der Waals surface area contributed by atoms with Gasteiger partial charge >= 0.3 is 0 Å². The van der Waals surface area contributed by atoms with Gasteiger partial charge in [-0.25, -0.2) is 0 Å². The molecule has 0 amide bonds. The van der Waals surface area contributed by atoms with Crippen molar-refractivity contribution in [3.05, 3.63) is 30.3 Å². The predicted octanol–water partition coefficient (Wildman–Crippen LogP) is -9.65. The minimum absolute atomic E-state index is 0. The molecule has 0 aromatic heterocycles. The topological polar surface area (TPSA) is 474 Å².